The largest absolute Gasteiger partial charge is 0.417 e. The Kier molecular flexibility index (Phi) is 28.8. The highest BCUT2D eigenvalue weighted by Crippen LogP contribution is 2.46. The van der Waals surface area contributed by atoms with Gasteiger partial charge in [-0.1, -0.05) is 49.2 Å². The number of likely N-dealkylation sites (N-methyl/N-ethyl adjacent to an activating group) is 1. The highest BCUT2D eigenvalue weighted by Gasteiger charge is 2.43. The number of β-amino-alcohol motifs (C(OH)–C–C–N with tert-alkyl or cyclic N) is 1. The fourth-order valence-corrected chi connectivity index (χ4v) is 23.2. The van der Waals surface area contributed by atoms with Crippen molar-refractivity contribution >= 4 is 128 Å². The molecule has 4 aromatic carbocycles. The third-order valence-electron chi connectivity index (χ3n) is 29.4. The van der Waals surface area contributed by atoms with Crippen molar-refractivity contribution < 1.29 is 62.7 Å². The predicted octanol–water partition coefficient (Wildman–Crippen LogP) is 16.1. The third-order valence-corrected chi connectivity index (χ3v) is 31.4. The normalized spacial score (nSPS) is 20.0. The molecule has 8 aromatic heterocycles. The number of piperidine rings is 4. The number of alkyl halides is 3. The van der Waals surface area contributed by atoms with E-state index in [1.165, 1.54) is 62.4 Å². The first kappa shape index (κ1) is 101. The predicted molar refractivity (Wildman–Crippen MR) is 554 cm³/mol. The van der Waals surface area contributed by atoms with Gasteiger partial charge in [-0.05, 0) is 246 Å². The van der Waals surface area contributed by atoms with Gasteiger partial charge >= 0.3 is 6.18 Å². The first-order valence-electron chi connectivity index (χ1n) is 50.6. The molecular weight excluding hydrogens is 1940 g/mol. The maximum atomic E-state index is 14.0. The molecule has 8 aliphatic heterocycles. The first-order chi connectivity index (χ1) is 69.2. The summed E-state index contributed by atoms with van der Waals surface area (Å²) in [5.74, 6) is 4.28. The van der Waals surface area contributed by atoms with Crippen LogP contribution >= 0.6 is 11.6 Å². The Morgan fingerprint density at radius 1 is 0.421 bits per heavy atom. The number of nitrogens with one attached hydrogen (secondary N) is 3. The lowest BCUT2D eigenvalue weighted by Gasteiger charge is -2.41. The smallest absolute Gasteiger partial charge is 0.389 e. The number of aliphatic hydroxyl groups is 1. The summed E-state index contributed by atoms with van der Waals surface area (Å²) in [6.45, 7) is 26.2. The number of sulfonamides is 3. The van der Waals surface area contributed by atoms with Gasteiger partial charge in [0.15, 0.2) is 16.9 Å². The average Bonchev–Trinajstić information content (AvgIpc) is 1.64. The van der Waals surface area contributed by atoms with Crippen molar-refractivity contribution in [2.45, 2.75) is 206 Å². The van der Waals surface area contributed by atoms with Crippen molar-refractivity contribution in [3.05, 3.63) is 222 Å². The van der Waals surface area contributed by atoms with Crippen LogP contribution in [0.3, 0.4) is 0 Å². The Morgan fingerprint density at radius 3 is 1.36 bits per heavy atom. The molecule has 22 rings (SSSR count). The molecule has 0 radical (unpaired) electrons. The summed E-state index contributed by atoms with van der Waals surface area (Å²) < 4.78 is 128. The second kappa shape index (κ2) is 41.2. The van der Waals surface area contributed by atoms with Crippen LogP contribution in [0.2, 0.25) is 5.02 Å². The zero-order valence-electron chi connectivity index (χ0n) is 83.6. The van der Waals surface area contributed by atoms with Gasteiger partial charge in [0.2, 0.25) is 30.1 Å². The summed E-state index contributed by atoms with van der Waals surface area (Å²) >= 11 is 6.26. The lowest BCUT2D eigenvalue weighted by molar-refractivity contribution is -0.138. The number of rotatable bonds is 21. The SMILES string of the molecule is CC1CN(c2cc(N3CC(O)C3)n3cc([C@@H]4CCCCN4C(=O)c4ccccc4C(F)(F)F)cc3n2)C1.CCN1CCN(c2cc(N3CCC3)nc3cc([C@@H]4CCCCN4C(=O)c4cc(Cl)ccc4NS(C)(=O)=O)nn23)CC1.Cc1cc(NS(C)(=O)=O)c(C(=O)N2CCCC[C@H]2c2cc3nc(C4CC4)cc(C)n3n2)cc1C.Cc1ccc(NS(C)(=O)=O)c(C(=O)N2CCCC[C@H]2c2cc3nc(C4CC4)cc(C)n3n2)c1. The van der Waals surface area contributed by atoms with E-state index in [0.717, 1.165) is 262 Å². The summed E-state index contributed by atoms with van der Waals surface area (Å²) in [7, 11) is -10.6. The fraction of sp³-hybridized carbons (Fsp3) is 0.490. The number of halogens is 4. The van der Waals surface area contributed by atoms with Crippen LogP contribution in [0.1, 0.15) is 268 Å². The zero-order chi connectivity index (χ0) is 102. The minimum Gasteiger partial charge on any atom is -0.389 e. The molecule has 0 unspecified atom stereocenters. The van der Waals surface area contributed by atoms with E-state index in [0.29, 0.717) is 91.0 Å². The van der Waals surface area contributed by atoms with Crippen molar-refractivity contribution in [1.29, 1.82) is 0 Å². The van der Waals surface area contributed by atoms with E-state index in [1.807, 2.05) is 98.9 Å². The van der Waals surface area contributed by atoms with Gasteiger partial charge in [-0.3, -0.25) is 37.7 Å². The van der Waals surface area contributed by atoms with Crippen molar-refractivity contribution in [3.63, 3.8) is 0 Å². The minimum absolute atomic E-state index is 0.177. The van der Waals surface area contributed by atoms with Crippen LogP contribution in [0, 0.1) is 40.5 Å². The Labute approximate surface area is 848 Å². The van der Waals surface area contributed by atoms with E-state index in [4.69, 9.17) is 46.8 Å². The Hall–Kier alpha value is -12.2. The van der Waals surface area contributed by atoms with Crippen LogP contribution in [0.25, 0.3) is 22.6 Å². The molecule has 12 aromatic rings. The minimum atomic E-state index is -4.60. The lowest BCUT2D eigenvalue weighted by atomic mass is 9.95. The number of aliphatic hydroxyl groups excluding tert-OH is 1. The maximum absolute atomic E-state index is 14.0. The molecule has 34 nitrogen and oxygen atoms in total. The molecule has 145 heavy (non-hydrogen) atoms. The van der Waals surface area contributed by atoms with E-state index in [1.54, 1.807) is 46.2 Å². The molecule has 41 heteroatoms. The number of likely N-dealkylation sites (tertiary alicyclic amines) is 4. The van der Waals surface area contributed by atoms with E-state index in [-0.39, 0.29) is 64.8 Å². The number of aromatic nitrogens is 11. The molecule has 2 saturated carbocycles. The topological polar surface area (TPSA) is 364 Å². The van der Waals surface area contributed by atoms with Gasteiger partial charge in [-0.15, -0.1) is 0 Å². The van der Waals surface area contributed by atoms with Gasteiger partial charge in [-0.25, -0.2) is 54.2 Å². The van der Waals surface area contributed by atoms with Crippen LogP contribution < -0.4 is 33.8 Å². The number of benzene rings is 4. The van der Waals surface area contributed by atoms with Crippen molar-refractivity contribution in [2.24, 2.45) is 5.92 Å². The summed E-state index contributed by atoms with van der Waals surface area (Å²) in [5.41, 5.74) is 14.1. The molecule has 0 bridgehead atoms. The molecule has 4 amide bonds. The molecule has 0 spiro atoms. The molecule has 10 aliphatic rings. The molecule has 4 N–H and O–H groups in total. The molecule has 2 aliphatic carbocycles. The average molecular weight is 2060 g/mol. The fourth-order valence-electron chi connectivity index (χ4n) is 21.3. The zero-order valence-corrected chi connectivity index (χ0v) is 86.8. The van der Waals surface area contributed by atoms with Gasteiger partial charge in [0.25, 0.3) is 23.6 Å². The molecule has 8 saturated heterocycles. The second-order valence-electron chi connectivity index (χ2n) is 40.9. The van der Waals surface area contributed by atoms with Gasteiger partial charge in [0.1, 0.15) is 28.9 Å². The maximum Gasteiger partial charge on any atom is 0.417 e. The molecule has 770 valence electrons. The summed E-state index contributed by atoms with van der Waals surface area (Å²) in [6.07, 6.45) is 16.5. The number of anilines is 7. The lowest BCUT2D eigenvalue weighted by Crippen LogP contribution is -2.51. The molecule has 4 atom stereocenters. The molecular formula is C104H127ClF3N23O11S3. The highest BCUT2D eigenvalue weighted by atomic mass is 35.5. The summed E-state index contributed by atoms with van der Waals surface area (Å²) in [4.78, 5) is 93.1. The van der Waals surface area contributed by atoms with Crippen LogP contribution in [-0.2, 0) is 36.2 Å². The number of carbonyl (C=O) groups excluding carboxylic acids is 4. The quantitative estimate of drug-likeness (QED) is 0.0519. The van der Waals surface area contributed by atoms with Crippen molar-refractivity contribution in [3.8, 4) is 0 Å². The number of fused-ring (bicyclic) bond motifs is 4. The van der Waals surface area contributed by atoms with Crippen LogP contribution in [0.15, 0.2) is 128 Å². The van der Waals surface area contributed by atoms with E-state index >= 15 is 0 Å². The summed E-state index contributed by atoms with van der Waals surface area (Å²) in [5, 5.41) is 25.0. The van der Waals surface area contributed by atoms with Gasteiger partial charge < -0.3 is 49.2 Å². The van der Waals surface area contributed by atoms with E-state index in [9.17, 15) is 62.7 Å². The Balaban J connectivity index is 0.000000123. The number of piperazine rings is 1. The number of nitrogens with zero attached hydrogens (tertiary/aromatic N) is 20. The number of hydrogen-bond acceptors (Lipinski definition) is 23. The standard InChI is InChI=1S/C28H37ClN8O3S.C27H30F3N5O2.C25H31N5O3S.C24H29N5O3S/c1-3-33-13-15-35(16-14-33)27-19-25(34-10-6-11-34)30-26-18-23(31-37(26)27)24-7-4-5-12-36(24)28(38)21-17-20(29)8-9-22(21)32-41(2,39)40;1-17-12-32(13-17)23-11-25(33-15-19(36)16-33)35-14-18(10-24(35)31-23)22-8-4-5-9-34(22)26(37)20-6-2-3-7-21(20)27(28,29)30;1-15-11-19(21(12-16(15)2)28-34(4,32)33)25(31)29-10-6-5-7-23(29)22-14-24-26-20(18-8-9-18)13-17(3)30(24)27-22;1-15-7-10-19(27-33(3,31)32)18(12-15)24(30)28-11-5-4-6-22(28)21-14-23-25-20(17-8-9-17)13-16(2)29(23)26-21/h8-9,17-19,24,32H,3-7,10-16H2,1-2H3;2-3,6-7,10-11,14,17,19,22,36H,4-5,8-9,12-13,15-16H2,1H3;11-14,18,23,28H,5-10H2,1-4H3;7,10,12-14,17,22,27H,4-6,8-9,11H2,1-3H3/t24-;22-;23-;22-/m0000/s1. The second-order valence-corrected chi connectivity index (χ2v) is 46.6. The van der Waals surface area contributed by atoms with E-state index in [2.05, 4.69) is 70.7 Å². The summed E-state index contributed by atoms with van der Waals surface area (Å²) in [6, 6.07) is 33.8. The number of carbonyl (C=O) groups is 4. The molecule has 10 fully saturated rings. The van der Waals surface area contributed by atoms with Crippen LogP contribution in [0.4, 0.5) is 53.5 Å². The van der Waals surface area contributed by atoms with Gasteiger partial charge in [0, 0.05) is 168 Å². The highest BCUT2D eigenvalue weighted by molar-refractivity contribution is 7.92. The third kappa shape index (κ3) is 22.5. The van der Waals surface area contributed by atoms with Crippen molar-refractivity contribution in [2.75, 3.05) is 151 Å². The van der Waals surface area contributed by atoms with Gasteiger partial charge in [0.05, 0.1) is 111 Å². The van der Waals surface area contributed by atoms with Crippen LogP contribution in [0.5, 0.6) is 0 Å². The number of aryl methyl sites for hydroxylation is 5. The Bertz CT molecular complexity index is 7330. The molecule has 16 heterocycles. The monoisotopic (exact) mass is 2060 g/mol. The number of hydrogen-bond donors (Lipinski definition) is 4. The first-order valence-corrected chi connectivity index (χ1v) is 56.7. The van der Waals surface area contributed by atoms with E-state index < -0.39 is 47.7 Å². The number of amides is 4. The van der Waals surface area contributed by atoms with Crippen LogP contribution in [-0.4, -0.2) is 255 Å². The van der Waals surface area contributed by atoms with Gasteiger partial charge in [-0.2, -0.15) is 33.0 Å². The Morgan fingerprint density at radius 2 is 0.869 bits per heavy atom. The van der Waals surface area contributed by atoms with Crippen molar-refractivity contribution in [1.82, 2.24) is 77.7 Å².